The fourth-order valence-corrected chi connectivity index (χ4v) is 10.1. The summed E-state index contributed by atoms with van der Waals surface area (Å²) in [6.07, 6.45) is 0. The maximum Gasteiger partial charge on any atom is 0.209 e. The number of para-hydroxylation sites is 3. The fraction of sp³-hybridized carbons (Fsp3) is 0.0962. The summed E-state index contributed by atoms with van der Waals surface area (Å²) in [5, 5.41) is 11.3. The van der Waals surface area contributed by atoms with E-state index in [0.29, 0.717) is 0 Å². The van der Waals surface area contributed by atoms with Gasteiger partial charge in [0.1, 0.15) is 0 Å². The van der Waals surface area contributed by atoms with Crippen molar-refractivity contribution in [1.82, 2.24) is 9.13 Å². The Kier molecular flexibility index (Phi) is 6.22. The summed E-state index contributed by atoms with van der Waals surface area (Å²) in [4.78, 5) is 5.74. The number of hydrogen-bond acceptors (Lipinski definition) is 2. The van der Waals surface area contributed by atoms with Crippen LogP contribution >= 0.6 is 0 Å². The second-order valence-electron chi connectivity index (χ2n) is 16.2. The molecule has 0 amide bonds. The Labute approximate surface area is 325 Å². The molecule has 1 atom stereocenters. The molecule has 2 aliphatic rings. The van der Waals surface area contributed by atoms with Crippen LogP contribution in [0.3, 0.4) is 0 Å². The number of rotatable bonds is 3. The van der Waals surface area contributed by atoms with Crippen LogP contribution in [-0.4, -0.2) is 14.8 Å². The largest absolute Gasteiger partial charge is 0.344 e. The minimum atomic E-state index is -0.814. The zero-order chi connectivity index (χ0) is 37.3. The molecule has 0 spiro atoms. The first-order valence-corrected chi connectivity index (χ1v) is 19.6. The van der Waals surface area contributed by atoms with Gasteiger partial charge < -0.3 is 9.88 Å². The third-order valence-corrected chi connectivity index (χ3v) is 12.7. The number of aliphatic imine (C=N–C) groups is 1. The van der Waals surface area contributed by atoms with Gasteiger partial charge in [0, 0.05) is 49.5 Å². The molecule has 0 radical (unpaired) electrons. The van der Waals surface area contributed by atoms with Crippen molar-refractivity contribution in [3.05, 3.63) is 192 Å². The first-order valence-electron chi connectivity index (χ1n) is 19.6. The van der Waals surface area contributed by atoms with E-state index < -0.39 is 5.79 Å². The summed E-state index contributed by atoms with van der Waals surface area (Å²) in [5.74, 6) is -0.814. The molecule has 4 nitrogen and oxygen atoms in total. The molecule has 0 saturated heterocycles. The van der Waals surface area contributed by atoms with E-state index >= 15 is 0 Å². The van der Waals surface area contributed by atoms with Crippen LogP contribution in [0, 0.1) is 0 Å². The highest BCUT2D eigenvalue weighted by molar-refractivity contribution is 6.22. The summed E-state index contributed by atoms with van der Waals surface area (Å²) in [6.45, 7) is 6.92. The second kappa shape index (κ2) is 11.1. The monoisotopic (exact) mass is 718 g/mol. The maximum atomic E-state index is 5.74. The molecule has 3 heterocycles. The van der Waals surface area contributed by atoms with Crippen LogP contribution in [0.2, 0.25) is 0 Å². The third-order valence-electron chi connectivity index (χ3n) is 12.7. The third kappa shape index (κ3) is 4.16. The quantitative estimate of drug-likeness (QED) is 0.194. The van der Waals surface area contributed by atoms with E-state index in [4.69, 9.17) is 4.99 Å². The number of hydrogen-bond donors (Lipinski definition) is 1. The van der Waals surface area contributed by atoms with Crippen molar-refractivity contribution in [2.24, 2.45) is 4.99 Å². The van der Waals surface area contributed by atoms with Crippen LogP contribution in [0.25, 0.3) is 71.2 Å². The van der Waals surface area contributed by atoms with Crippen molar-refractivity contribution in [2.75, 3.05) is 5.32 Å². The van der Waals surface area contributed by atoms with Gasteiger partial charge in [-0.2, -0.15) is 0 Å². The van der Waals surface area contributed by atoms with Crippen molar-refractivity contribution in [1.29, 1.82) is 0 Å². The Hall–Kier alpha value is -6.91. The smallest absolute Gasteiger partial charge is 0.209 e. The molecule has 10 aromatic rings. The number of nitrogens with zero attached hydrogens (tertiary/aromatic N) is 3. The zero-order valence-electron chi connectivity index (χ0n) is 31.5. The molecule has 8 aromatic carbocycles. The molecule has 0 fully saturated rings. The van der Waals surface area contributed by atoms with E-state index in [0.717, 1.165) is 33.6 Å². The standard InChI is InChI=1S/C52H38N4/c1-51(2)42-20-10-6-16-36(42)37-27-26-34(31-43(37)51)55-45-22-12-8-17-38(45)41-30-33(25-28-46(41)55)50-39-18-7-11-21-44(39)53-52(3,54-50)56-47-23-13-9-19-40(47)49-35-15-5-4-14-32(35)24-29-48(49)56/h4-31,53H,1-3H3. The van der Waals surface area contributed by atoms with Gasteiger partial charge >= 0.3 is 0 Å². The molecule has 12 rings (SSSR count). The van der Waals surface area contributed by atoms with Crippen molar-refractivity contribution >= 4 is 65.8 Å². The minimum Gasteiger partial charge on any atom is -0.344 e. The van der Waals surface area contributed by atoms with Gasteiger partial charge in [-0.05, 0) is 88.5 Å². The summed E-state index contributed by atoms with van der Waals surface area (Å²) in [5.41, 5.74) is 15.5. The summed E-state index contributed by atoms with van der Waals surface area (Å²) >= 11 is 0. The Morgan fingerprint density at radius 1 is 0.482 bits per heavy atom. The molecule has 1 aliphatic carbocycles. The molecule has 1 N–H and O–H groups in total. The van der Waals surface area contributed by atoms with Crippen LogP contribution in [-0.2, 0) is 11.2 Å². The Morgan fingerprint density at radius 2 is 1.14 bits per heavy atom. The van der Waals surface area contributed by atoms with Crippen molar-refractivity contribution < 1.29 is 0 Å². The van der Waals surface area contributed by atoms with E-state index in [-0.39, 0.29) is 5.41 Å². The first-order chi connectivity index (χ1) is 27.4. The highest BCUT2D eigenvalue weighted by Gasteiger charge is 2.37. The predicted octanol–water partition coefficient (Wildman–Crippen LogP) is 12.9. The van der Waals surface area contributed by atoms with Crippen LogP contribution in [0.15, 0.2) is 175 Å². The normalized spacial score (nSPS) is 16.9. The van der Waals surface area contributed by atoms with Crippen molar-refractivity contribution in [3.8, 4) is 16.8 Å². The van der Waals surface area contributed by atoms with Gasteiger partial charge in [-0.1, -0.05) is 135 Å². The zero-order valence-corrected chi connectivity index (χ0v) is 31.5. The van der Waals surface area contributed by atoms with Crippen LogP contribution < -0.4 is 5.32 Å². The van der Waals surface area contributed by atoms with E-state index in [1.54, 1.807) is 0 Å². The van der Waals surface area contributed by atoms with Crippen LogP contribution in [0.1, 0.15) is 43.0 Å². The lowest BCUT2D eigenvalue weighted by Gasteiger charge is -2.36. The van der Waals surface area contributed by atoms with Gasteiger partial charge in [-0.25, -0.2) is 4.99 Å². The molecule has 0 bridgehead atoms. The average Bonchev–Trinajstić information content (AvgIpc) is 3.84. The molecular weight excluding hydrogens is 681 g/mol. The Morgan fingerprint density at radius 3 is 2.02 bits per heavy atom. The first kappa shape index (κ1) is 31.4. The average molecular weight is 719 g/mol. The minimum absolute atomic E-state index is 0.0788. The van der Waals surface area contributed by atoms with E-state index in [9.17, 15) is 0 Å². The van der Waals surface area contributed by atoms with Crippen LogP contribution in [0.5, 0.6) is 0 Å². The van der Waals surface area contributed by atoms with Crippen molar-refractivity contribution in [3.63, 3.8) is 0 Å². The molecule has 56 heavy (non-hydrogen) atoms. The predicted molar refractivity (Wildman–Crippen MR) is 235 cm³/mol. The maximum absolute atomic E-state index is 5.74. The molecular formula is C52H38N4. The lowest BCUT2D eigenvalue weighted by molar-refractivity contribution is 0.413. The topological polar surface area (TPSA) is 34.2 Å². The van der Waals surface area contributed by atoms with Gasteiger partial charge in [-0.3, -0.25) is 4.57 Å². The Balaban J connectivity index is 1.07. The lowest BCUT2D eigenvalue weighted by atomic mass is 9.82. The summed E-state index contributed by atoms with van der Waals surface area (Å²) < 4.78 is 4.84. The van der Waals surface area contributed by atoms with Gasteiger partial charge in [0.15, 0.2) is 0 Å². The highest BCUT2D eigenvalue weighted by Crippen LogP contribution is 2.50. The molecule has 266 valence electrons. The van der Waals surface area contributed by atoms with E-state index in [1.165, 1.54) is 71.3 Å². The SMILES string of the molecule is CC1(C)c2ccccc2-c2ccc(-n3c4ccccc4c4cc(C5=NC(C)(n6c7ccccc7c7c8ccccc8ccc76)Nc6ccccc65)ccc43)cc21. The van der Waals surface area contributed by atoms with Gasteiger partial charge in [-0.15, -0.1) is 0 Å². The fourth-order valence-electron chi connectivity index (χ4n) is 10.1. The number of benzene rings is 8. The highest BCUT2D eigenvalue weighted by atomic mass is 15.4. The van der Waals surface area contributed by atoms with E-state index in [2.05, 4.69) is 205 Å². The molecule has 0 saturated carbocycles. The Bertz CT molecular complexity index is 3340. The lowest BCUT2D eigenvalue weighted by Crippen LogP contribution is -2.41. The molecule has 1 aliphatic heterocycles. The van der Waals surface area contributed by atoms with Crippen molar-refractivity contribution in [2.45, 2.75) is 32.0 Å². The number of aromatic nitrogens is 2. The van der Waals surface area contributed by atoms with Gasteiger partial charge in [0.05, 0.1) is 27.8 Å². The summed E-state index contributed by atoms with van der Waals surface area (Å²) in [6, 6.07) is 62.2. The molecule has 1 unspecified atom stereocenters. The van der Waals surface area contributed by atoms with Gasteiger partial charge in [0.2, 0.25) is 5.79 Å². The number of anilines is 1. The molecule has 4 heteroatoms. The number of nitrogens with one attached hydrogen (secondary N) is 1. The van der Waals surface area contributed by atoms with Gasteiger partial charge in [0.25, 0.3) is 0 Å². The number of fused-ring (bicyclic) bond motifs is 12. The van der Waals surface area contributed by atoms with E-state index in [1.807, 2.05) is 0 Å². The van der Waals surface area contributed by atoms with Crippen LogP contribution in [0.4, 0.5) is 5.69 Å². The second-order valence-corrected chi connectivity index (χ2v) is 16.2. The summed E-state index contributed by atoms with van der Waals surface area (Å²) in [7, 11) is 0. The molecule has 2 aromatic heterocycles.